The number of piperazine rings is 1. The Balaban J connectivity index is 1.69. The molecule has 7 nitrogen and oxygen atoms in total. The van der Waals surface area contributed by atoms with E-state index in [0.717, 1.165) is 30.4 Å². The first-order valence-electron chi connectivity index (χ1n) is 9.31. The Morgan fingerprint density at radius 2 is 1.74 bits per heavy atom. The summed E-state index contributed by atoms with van der Waals surface area (Å²) in [5.41, 5.74) is 4.71. The predicted octanol–water partition coefficient (Wildman–Crippen LogP) is 3.42. The summed E-state index contributed by atoms with van der Waals surface area (Å²) < 4.78 is 5.07. The molecular formula is C20H27N5O2. The molecule has 1 aromatic heterocycles. The van der Waals surface area contributed by atoms with Crippen molar-refractivity contribution in [3.63, 3.8) is 0 Å². The van der Waals surface area contributed by atoms with Crippen molar-refractivity contribution in [1.29, 1.82) is 0 Å². The molecule has 2 heterocycles. The first-order chi connectivity index (χ1) is 13.0. The van der Waals surface area contributed by atoms with Crippen LogP contribution in [0.5, 0.6) is 0 Å². The molecule has 7 heteroatoms. The highest BCUT2D eigenvalue weighted by Gasteiger charge is 2.23. The zero-order valence-corrected chi connectivity index (χ0v) is 16.5. The Kier molecular flexibility index (Phi) is 5.78. The van der Waals surface area contributed by atoms with Gasteiger partial charge in [-0.15, -0.1) is 0 Å². The van der Waals surface area contributed by atoms with E-state index in [4.69, 9.17) is 4.74 Å². The third-order valence-corrected chi connectivity index (χ3v) is 4.71. The van der Waals surface area contributed by atoms with E-state index in [1.807, 2.05) is 13.0 Å². The number of carbonyl (C=O) groups is 1. The number of rotatable bonds is 4. The van der Waals surface area contributed by atoms with Crippen molar-refractivity contribution in [2.45, 2.75) is 27.7 Å². The number of hydrogen-bond acceptors (Lipinski definition) is 6. The smallest absolute Gasteiger partial charge is 0.409 e. The molecule has 1 amide bonds. The Labute approximate surface area is 160 Å². The molecule has 1 aliphatic rings. The summed E-state index contributed by atoms with van der Waals surface area (Å²) in [6, 6.07) is 6.27. The van der Waals surface area contributed by atoms with Crippen LogP contribution < -0.4 is 10.2 Å². The van der Waals surface area contributed by atoms with Gasteiger partial charge in [0.1, 0.15) is 18.0 Å². The number of anilines is 3. The average molecular weight is 369 g/mol. The van der Waals surface area contributed by atoms with Gasteiger partial charge in [-0.05, 0) is 38.8 Å². The van der Waals surface area contributed by atoms with E-state index in [1.165, 1.54) is 16.7 Å². The number of benzene rings is 1. The first-order valence-corrected chi connectivity index (χ1v) is 9.31. The van der Waals surface area contributed by atoms with Crippen molar-refractivity contribution in [2.24, 2.45) is 0 Å². The van der Waals surface area contributed by atoms with E-state index >= 15 is 0 Å². The van der Waals surface area contributed by atoms with Crippen LogP contribution in [0.1, 0.15) is 23.6 Å². The molecule has 1 saturated heterocycles. The minimum Gasteiger partial charge on any atom is -0.450 e. The average Bonchev–Trinajstić information content (AvgIpc) is 2.65. The van der Waals surface area contributed by atoms with Crippen molar-refractivity contribution < 1.29 is 9.53 Å². The third-order valence-electron chi connectivity index (χ3n) is 4.71. The number of aromatic nitrogens is 2. The number of ether oxygens (including phenoxy) is 1. The van der Waals surface area contributed by atoms with E-state index in [9.17, 15) is 4.79 Å². The predicted molar refractivity (Wildman–Crippen MR) is 107 cm³/mol. The fourth-order valence-electron chi connectivity index (χ4n) is 3.43. The number of hydrogen-bond donors (Lipinski definition) is 1. The molecule has 0 spiro atoms. The van der Waals surface area contributed by atoms with Crippen LogP contribution in [-0.4, -0.2) is 53.7 Å². The van der Waals surface area contributed by atoms with Gasteiger partial charge in [-0.1, -0.05) is 17.7 Å². The lowest BCUT2D eigenvalue weighted by atomic mass is 10.1. The van der Waals surface area contributed by atoms with Crippen molar-refractivity contribution in [3.05, 3.63) is 41.2 Å². The summed E-state index contributed by atoms with van der Waals surface area (Å²) in [5.74, 6) is 1.63. The van der Waals surface area contributed by atoms with E-state index < -0.39 is 0 Å². The summed E-state index contributed by atoms with van der Waals surface area (Å²) >= 11 is 0. The van der Waals surface area contributed by atoms with Crippen LogP contribution >= 0.6 is 0 Å². The molecule has 0 aliphatic carbocycles. The molecule has 0 atom stereocenters. The van der Waals surface area contributed by atoms with Crippen molar-refractivity contribution in [1.82, 2.24) is 14.9 Å². The molecule has 3 rings (SSSR count). The van der Waals surface area contributed by atoms with E-state index in [1.54, 1.807) is 11.2 Å². The number of carbonyl (C=O) groups excluding carboxylic acids is 1. The SMILES string of the molecule is CCOC(=O)N1CCN(c2cc(Nc3c(C)cc(C)cc3C)ncn2)CC1. The molecule has 1 aromatic carbocycles. The Morgan fingerprint density at radius 1 is 1.07 bits per heavy atom. The monoisotopic (exact) mass is 369 g/mol. The number of nitrogens with one attached hydrogen (secondary N) is 1. The third kappa shape index (κ3) is 4.48. The van der Waals surface area contributed by atoms with Crippen LogP contribution in [0.4, 0.5) is 22.1 Å². The second-order valence-corrected chi connectivity index (χ2v) is 6.83. The zero-order chi connectivity index (χ0) is 19.4. The van der Waals surface area contributed by atoms with Gasteiger partial charge in [-0.25, -0.2) is 14.8 Å². The highest BCUT2D eigenvalue weighted by molar-refractivity contribution is 5.68. The molecule has 1 N–H and O–H groups in total. The first kappa shape index (κ1) is 18.9. The fourth-order valence-corrected chi connectivity index (χ4v) is 3.43. The van der Waals surface area contributed by atoms with Crippen LogP contribution in [0.3, 0.4) is 0 Å². The Morgan fingerprint density at radius 3 is 2.37 bits per heavy atom. The zero-order valence-electron chi connectivity index (χ0n) is 16.5. The molecule has 0 saturated carbocycles. The van der Waals surface area contributed by atoms with Crippen LogP contribution in [0.2, 0.25) is 0 Å². The quantitative estimate of drug-likeness (QED) is 0.890. The van der Waals surface area contributed by atoms with Gasteiger partial charge in [-0.2, -0.15) is 0 Å². The largest absolute Gasteiger partial charge is 0.450 e. The molecule has 2 aromatic rings. The molecule has 0 bridgehead atoms. The van der Waals surface area contributed by atoms with Crippen LogP contribution in [0.15, 0.2) is 24.5 Å². The number of amides is 1. The Bertz CT molecular complexity index is 793. The lowest BCUT2D eigenvalue weighted by Crippen LogP contribution is -2.49. The summed E-state index contributed by atoms with van der Waals surface area (Å²) in [6.45, 7) is 11.2. The second-order valence-electron chi connectivity index (χ2n) is 6.83. The molecule has 1 fully saturated rings. The number of nitrogens with zero attached hydrogens (tertiary/aromatic N) is 4. The van der Waals surface area contributed by atoms with Gasteiger partial charge >= 0.3 is 6.09 Å². The van der Waals surface area contributed by atoms with Crippen LogP contribution in [0, 0.1) is 20.8 Å². The minimum atomic E-state index is -0.243. The summed E-state index contributed by atoms with van der Waals surface area (Å²) in [6.07, 6.45) is 1.33. The van der Waals surface area contributed by atoms with Crippen LogP contribution in [0.25, 0.3) is 0 Å². The van der Waals surface area contributed by atoms with Crippen LogP contribution in [-0.2, 0) is 4.74 Å². The van der Waals surface area contributed by atoms with Gasteiger partial charge in [0, 0.05) is 37.9 Å². The summed E-state index contributed by atoms with van der Waals surface area (Å²) in [4.78, 5) is 24.5. The lowest BCUT2D eigenvalue weighted by Gasteiger charge is -2.34. The van der Waals surface area contributed by atoms with E-state index in [2.05, 4.69) is 53.1 Å². The van der Waals surface area contributed by atoms with Gasteiger partial charge in [0.05, 0.1) is 6.61 Å². The molecule has 0 unspecified atom stereocenters. The topological polar surface area (TPSA) is 70.6 Å². The Hall–Kier alpha value is -2.83. The van der Waals surface area contributed by atoms with Gasteiger partial charge in [-0.3, -0.25) is 0 Å². The number of aryl methyl sites for hydroxylation is 3. The van der Waals surface area contributed by atoms with Gasteiger partial charge in [0.2, 0.25) is 0 Å². The van der Waals surface area contributed by atoms with Crippen molar-refractivity contribution >= 4 is 23.4 Å². The highest BCUT2D eigenvalue weighted by atomic mass is 16.6. The summed E-state index contributed by atoms with van der Waals surface area (Å²) in [5, 5.41) is 3.43. The molecule has 144 valence electrons. The molecule has 1 aliphatic heterocycles. The maximum absolute atomic E-state index is 11.8. The maximum Gasteiger partial charge on any atom is 0.409 e. The standard InChI is InChI=1S/C20H27N5O2/c1-5-27-20(26)25-8-6-24(7-9-25)18-12-17(21-13-22-18)23-19-15(3)10-14(2)11-16(19)4/h10-13H,5-9H2,1-4H3,(H,21,22,23). The minimum absolute atomic E-state index is 0.243. The highest BCUT2D eigenvalue weighted by Crippen LogP contribution is 2.26. The van der Waals surface area contributed by atoms with Gasteiger partial charge < -0.3 is 19.9 Å². The van der Waals surface area contributed by atoms with E-state index in [-0.39, 0.29) is 6.09 Å². The molecule has 0 radical (unpaired) electrons. The normalized spacial score (nSPS) is 14.2. The molecule has 27 heavy (non-hydrogen) atoms. The van der Waals surface area contributed by atoms with E-state index in [0.29, 0.717) is 19.7 Å². The van der Waals surface area contributed by atoms with Crippen molar-refractivity contribution in [2.75, 3.05) is 43.0 Å². The molecular weight excluding hydrogens is 342 g/mol. The van der Waals surface area contributed by atoms with Gasteiger partial charge in [0.15, 0.2) is 0 Å². The van der Waals surface area contributed by atoms with Gasteiger partial charge in [0.25, 0.3) is 0 Å². The fraction of sp³-hybridized carbons (Fsp3) is 0.450. The van der Waals surface area contributed by atoms with Crippen molar-refractivity contribution in [3.8, 4) is 0 Å². The lowest BCUT2D eigenvalue weighted by molar-refractivity contribution is 0.105. The second kappa shape index (κ2) is 8.24. The summed E-state index contributed by atoms with van der Waals surface area (Å²) in [7, 11) is 0. The maximum atomic E-state index is 11.8.